The van der Waals surface area contributed by atoms with E-state index >= 15 is 0 Å². The van der Waals surface area contributed by atoms with E-state index < -0.39 is 0 Å². The van der Waals surface area contributed by atoms with E-state index in [0.717, 1.165) is 30.1 Å². The molecule has 2 N–H and O–H groups in total. The molecule has 20 heavy (non-hydrogen) atoms. The highest BCUT2D eigenvalue weighted by atomic mass is 32.2. The minimum absolute atomic E-state index is 0.0798. The van der Waals surface area contributed by atoms with Crippen molar-refractivity contribution < 1.29 is 5.11 Å². The zero-order chi connectivity index (χ0) is 14.6. The lowest BCUT2D eigenvalue weighted by Crippen LogP contribution is -2.52. The van der Waals surface area contributed by atoms with Crippen LogP contribution in [-0.4, -0.2) is 34.0 Å². The summed E-state index contributed by atoms with van der Waals surface area (Å²) in [6.07, 6.45) is 4.49. The van der Waals surface area contributed by atoms with Gasteiger partial charge in [0.15, 0.2) is 0 Å². The van der Waals surface area contributed by atoms with Crippen molar-refractivity contribution in [3.8, 4) is 0 Å². The molecule has 1 fully saturated rings. The zero-order valence-electron chi connectivity index (χ0n) is 12.8. The van der Waals surface area contributed by atoms with Gasteiger partial charge in [-0.25, -0.2) is 4.98 Å². The summed E-state index contributed by atoms with van der Waals surface area (Å²) in [6.45, 7) is 7.43. The first-order valence-electron chi connectivity index (χ1n) is 7.55. The molecule has 0 spiro atoms. The molecule has 2 unspecified atom stereocenters. The lowest BCUT2D eigenvalue weighted by Gasteiger charge is -2.40. The van der Waals surface area contributed by atoms with Crippen LogP contribution >= 0.6 is 11.8 Å². The Labute approximate surface area is 126 Å². The lowest BCUT2D eigenvalue weighted by molar-refractivity contribution is 0.125. The molecule has 1 heterocycles. The van der Waals surface area contributed by atoms with Crippen molar-refractivity contribution in [3.05, 3.63) is 23.4 Å². The van der Waals surface area contributed by atoms with Crippen molar-refractivity contribution in [2.75, 3.05) is 13.2 Å². The van der Waals surface area contributed by atoms with E-state index in [2.05, 4.69) is 43.2 Å². The third kappa shape index (κ3) is 3.96. The SMILES string of the molecule is CCNC1(CO)CCCC(Sc2cc(C)cc(C)n2)C1. The number of hydrogen-bond donors (Lipinski definition) is 2. The summed E-state index contributed by atoms with van der Waals surface area (Å²) in [5, 5.41) is 14.9. The molecular formula is C16H26N2OS. The normalized spacial score (nSPS) is 26.7. The van der Waals surface area contributed by atoms with Gasteiger partial charge in [-0.05, 0) is 57.4 Å². The maximum atomic E-state index is 9.76. The summed E-state index contributed by atoms with van der Waals surface area (Å²) in [4.78, 5) is 4.63. The van der Waals surface area contributed by atoms with Gasteiger partial charge in [0.05, 0.1) is 11.6 Å². The molecule has 0 amide bonds. The number of rotatable bonds is 5. The summed E-state index contributed by atoms with van der Waals surface area (Å²) < 4.78 is 0. The molecule has 1 aliphatic carbocycles. The zero-order valence-corrected chi connectivity index (χ0v) is 13.6. The Hall–Kier alpha value is -0.580. The van der Waals surface area contributed by atoms with Crippen LogP contribution in [0.25, 0.3) is 0 Å². The van der Waals surface area contributed by atoms with E-state index in [9.17, 15) is 5.11 Å². The van der Waals surface area contributed by atoms with Gasteiger partial charge in [0, 0.05) is 16.5 Å². The van der Waals surface area contributed by atoms with Crippen LogP contribution in [0.1, 0.15) is 43.9 Å². The van der Waals surface area contributed by atoms with Gasteiger partial charge in [-0.3, -0.25) is 0 Å². The van der Waals surface area contributed by atoms with Crippen molar-refractivity contribution in [2.24, 2.45) is 0 Å². The number of nitrogens with one attached hydrogen (secondary N) is 1. The number of aliphatic hydroxyl groups is 1. The van der Waals surface area contributed by atoms with Crippen LogP contribution < -0.4 is 5.32 Å². The van der Waals surface area contributed by atoms with Crippen LogP contribution in [-0.2, 0) is 0 Å². The Balaban J connectivity index is 2.05. The number of aromatic nitrogens is 1. The Bertz CT molecular complexity index is 428. The van der Waals surface area contributed by atoms with Crippen molar-refractivity contribution in [1.82, 2.24) is 10.3 Å². The minimum atomic E-state index is -0.0798. The first-order valence-corrected chi connectivity index (χ1v) is 8.43. The highest BCUT2D eigenvalue weighted by molar-refractivity contribution is 7.99. The Morgan fingerprint density at radius 2 is 2.25 bits per heavy atom. The van der Waals surface area contributed by atoms with Gasteiger partial charge in [0.25, 0.3) is 0 Å². The van der Waals surface area contributed by atoms with E-state index in [1.54, 1.807) is 0 Å². The summed E-state index contributed by atoms with van der Waals surface area (Å²) in [7, 11) is 0. The van der Waals surface area contributed by atoms with Gasteiger partial charge in [0.2, 0.25) is 0 Å². The van der Waals surface area contributed by atoms with Gasteiger partial charge in [0.1, 0.15) is 0 Å². The van der Waals surface area contributed by atoms with Crippen molar-refractivity contribution in [1.29, 1.82) is 0 Å². The number of nitrogens with zero attached hydrogens (tertiary/aromatic N) is 1. The van der Waals surface area contributed by atoms with Crippen LogP contribution in [0.3, 0.4) is 0 Å². The second kappa shape index (κ2) is 6.92. The van der Waals surface area contributed by atoms with Crippen LogP contribution in [0.2, 0.25) is 0 Å². The van der Waals surface area contributed by atoms with E-state index in [-0.39, 0.29) is 12.1 Å². The topological polar surface area (TPSA) is 45.1 Å². The third-order valence-corrected chi connectivity index (χ3v) is 5.20. The van der Waals surface area contributed by atoms with E-state index in [0.29, 0.717) is 5.25 Å². The van der Waals surface area contributed by atoms with Gasteiger partial charge in [-0.15, -0.1) is 11.8 Å². The molecule has 0 bridgehead atoms. The Morgan fingerprint density at radius 3 is 2.90 bits per heavy atom. The Morgan fingerprint density at radius 1 is 1.45 bits per heavy atom. The minimum Gasteiger partial charge on any atom is -0.394 e. The predicted molar refractivity (Wildman–Crippen MR) is 85.3 cm³/mol. The fraction of sp³-hybridized carbons (Fsp3) is 0.688. The number of hydrogen-bond acceptors (Lipinski definition) is 4. The fourth-order valence-electron chi connectivity index (χ4n) is 3.18. The van der Waals surface area contributed by atoms with Crippen molar-refractivity contribution in [2.45, 2.75) is 62.3 Å². The number of pyridine rings is 1. The number of aryl methyl sites for hydroxylation is 2. The molecule has 2 rings (SSSR count). The van der Waals surface area contributed by atoms with E-state index in [1.807, 2.05) is 11.8 Å². The summed E-state index contributed by atoms with van der Waals surface area (Å²) >= 11 is 1.87. The molecule has 112 valence electrons. The first-order chi connectivity index (χ1) is 9.57. The standard InChI is InChI=1S/C16H26N2OS/c1-4-17-16(11-19)7-5-6-14(10-16)20-15-9-12(2)8-13(3)18-15/h8-9,14,17,19H,4-7,10-11H2,1-3H3. The molecule has 4 heteroatoms. The quantitative estimate of drug-likeness (QED) is 0.876. The molecular weight excluding hydrogens is 268 g/mol. The summed E-state index contributed by atoms with van der Waals surface area (Å²) in [6, 6.07) is 4.28. The highest BCUT2D eigenvalue weighted by Gasteiger charge is 2.35. The van der Waals surface area contributed by atoms with Crippen molar-refractivity contribution in [3.63, 3.8) is 0 Å². The van der Waals surface area contributed by atoms with Gasteiger partial charge in [-0.1, -0.05) is 13.3 Å². The molecule has 1 aromatic heterocycles. The van der Waals surface area contributed by atoms with Crippen LogP contribution in [0.4, 0.5) is 0 Å². The maximum Gasteiger partial charge on any atom is 0.0968 e. The molecule has 2 atom stereocenters. The predicted octanol–water partition coefficient (Wildman–Crippen LogP) is 3.07. The average molecular weight is 294 g/mol. The number of likely N-dealkylation sites (N-methyl/N-ethyl adjacent to an activating group) is 1. The monoisotopic (exact) mass is 294 g/mol. The maximum absolute atomic E-state index is 9.76. The molecule has 0 radical (unpaired) electrons. The number of aliphatic hydroxyl groups excluding tert-OH is 1. The summed E-state index contributed by atoms with van der Waals surface area (Å²) in [5.41, 5.74) is 2.28. The second-order valence-electron chi connectivity index (χ2n) is 5.93. The molecule has 0 aliphatic heterocycles. The molecule has 3 nitrogen and oxygen atoms in total. The first kappa shape index (κ1) is 15.8. The molecule has 1 aliphatic rings. The molecule has 1 saturated carbocycles. The van der Waals surface area contributed by atoms with Crippen LogP contribution in [0, 0.1) is 13.8 Å². The smallest absolute Gasteiger partial charge is 0.0968 e. The lowest BCUT2D eigenvalue weighted by atomic mass is 9.82. The highest BCUT2D eigenvalue weighted by Crippen LogP contribution is 2.37. The van der Waals surface area contributed by atoms with Crippen LogP contribution in [0.5, 0.6) is 0 Å². The largest absolute Gasteiger partial charge is 0.394 e. The van der Waals surface area contributed by atoms with Gasteiger partial charge in [-0.2, -0.15) is 0 Å². The molecule has 0 aromatic carbocycles. The number of thioether (sulfide) groups is 1. The Kier molecular flexibility index (Phi) is 5.47. The second-order valence-corrected chi connectivity index (χ2v) is 7.25. The average Bonchev–Trinajstić information content (AvgIpc) is 2.38. The molecule has 1 aromatic rings. The van der Waals surface area contributed by atoms with E-state index in [1.165, 1.54) is 18.4 Å². The van der Waals surface area contributed by atoms with Crippen LogP contribution in [0.15, 0.2) is 17.2 Å². The fourth-order valence-corrected chi connectivity index (χ4v) is 4.66. The van der Waals surface area contributed by atoms with Gasteiger partial charge < -0.3 is 10.4 Å². The van der Waals surface area contributed by atoms with Gasteiger partial charge >= 0.3 is 0 Å². The van der Waals surface area contributed by atoms with Crippen molar-refractivity contribution >= 4 is 11.8 Å². The third-order valence-electron chi connectivity index (χ3n) is 4.02. The molecule has 0 saturated heterocycles. The van der Waals surface area contributed by atoms with E-state index in [4.69, 9.17) is 0 Å². The summed E-state index contributed by atoms with van der Waals surface area (Å²) in [5.74, 6) is 0.